The first kappa shape index (κ1) is 15.0. The standard InChI is InChI=1S/C12H11NO3S.Na.H/c14-17(15,13-11-7-3-1-4-8-11)16-12-9-5-2-6-10-12;;/h1-10,13H;;. The van der Waals surface area contributed by atoms with Gasteiger partial charge >= 0.3 is 39.9 Å². The van der Waals surface area contributed by atoms with Crippen LogP contribution < -0.4 is 8.91 Å². The molecule has 0 bridgehead atoms. The van der Waals surface area contributed by atoms with Crippen molar-refractivity contribution in [2.24, 2.45) is 0 Å². The fraction of sp³-hybridized carbons (Fsp3) is 0. The first-order valence-corrected chi connectivity index (χ1v) is 6.39. The fourth-order valence-electron chi connectivity index (χ4n) is 1.27. The molecule has 0 saturated carbocycles. The number of para-hydroxylation sites is 2. The third-order valence-electron chi connectivity index (χ3n) is 1.97. The van der Waals surface area contributed by atoms with Crippen molar-refractivity contribution < 1.29 is 12.6 Å². The Morgan fingerprint density at radius 3 is 1.89 bits per heavy atom. The van der Waals surface area contributed by atoms with E-state index in [4.69, 9.17) is 4.18 Å². The number of hydrogen-bond donors (Lipinski definition) is 1. The summed E-state index contributed by atoms with van der Waals surface area (Å²) in [5.41, 5.74) is 0.462. The van der Waals surface area contributed by atoms with E-state index in [1.54, 1.807) is 60.7 Å². The monoisotopic (exact) mass is 273 g/mol. The van der Waals surface area contributed by atoms with Crippen molar-refractivity contribution in [2.45, 2.75) is 0 Å². The molecule has 0 aliphatic rings. The normalized spacial score (nSPS) is 10.2. The quantitative estimate of drug-likeness (QED) is 0.864. The number of hydrogen-bond acceptors (Lipinski definition) is 3. The van der Waals surface area contributed by atoms with E-state index in [0.29, 0.717) is 5.69 Å². The second-order valence-corrected chi connectivity index (χ2v) is 4.60. The Morgan fingerprint density at radius 2 is 1.33 bits per heavy atom. The predicted octanol–water partition coefficient (Wildman–Crippen LogP) is 1.77. The van der Waals surface area contributed by atoms with Crippen molar-refractivity contribution in [3.8, 4) is 5.75 Å². The zero-order valence-corrected chi connectivity index (χ0v) is 9.72. The number of benzene rings is 2. The minimum atomic E-state index is -3.84. The second kappa shape index (κ2) is 6.80. The van der Waals surface area contributed by atoms with Gasteiger partial charge in [-0.15, -0.1) is 0 Å². The van der Waals surface area contributed by atoms with Crippen LogP contribution in [0.25, 0.3) is 0 Å². The van der Waals surface area contributed by atoms with Gasteiger partial charge in [-0.3, -0.25) is 4.72 Å². The molecule has 2 rings (SSSR count). The molecule has 18 heavy (non-hydrogen) atoms. The molecular weight excluding hydrogens is 261 g/mol. The molecular formula is C12H12NNaO3S. The average Bonchev–Trinajstić information content (AvgIpc) is 2.30. The summed E-state index contributed by atoms with van der Waals surface area (Å²) < 4.78 is 30.5. The van der Waals surface area contributed by atoms with Crippen molar-refractivity contribution in [1.29, 1.82) is 0 Å². The Balaban J connectivity index is 0.00000162. The van der Waals surface area contributed by atoms with Gasteiger partial charge in [0, 0.05) is 0 Å². The summed E-state index contributed by atoms with van der Waals surface area (Å²) >= 11 is 0. The van der Waals surface area contributed by atoms with Gasteiger partial charge in [-0.1, -0.05) is 36.4 Å². The maximum absolute atomic E-state index is 11.6. The van der Waals surface area contributed by atoms with Gasteiger partial charge in [-0.05, 0) is 24.3 Å². The molecule has 4 nitrogen and oxygen atoms in total. The third-order valence-corrected chi connectivity index (χ3v) is 2.86. The van der Waals surface area contributed by atoms with Gasteiger partial charge in [0.05, 0.1) is 5.69 Å². The topological polar surface area (TPSA) is 55.4 Å². The van der Waals surface area contributed by atoms with Gasteiger partial charge in [0.1, 0.15) is 5.75 Å². The molecule has 0 radical (unpaired) electrons. The Labute approximate surface area is 129 Å². The summed E-state index contributed by atoms with van der Waals surface area (Å²) in [7, 11) is -3.84. The van der Waals surface area contributed by atoms with Crippen molar-refractivity contribution in [3.63, 3.8) is 0 Å². The summed E-state index contributed by atoms with van der Waals surface area (Å²) in [5, 5.41) is 0. The predicted molar refractivity (Wildman–Crippen MR) is 73.2 cm³/mol. The molecule has 0 saturated heterocycles. The van der Waals surface area contributed by atoms with Crippen LogP contribution in [0.1, 0.15) is 0 Å². The first-order chi connectivity index (χ1) is 8.16. The van der Waals surface area contributed by atoms with Gasteiger partial charge in [-0.25, -0.2) is 0 Å². The fourth-order valence-corrected chi connectivity index (χ4v) is 2.10. The summed E-state index contributed by atoms with van der Waals surface area (Å²) in [6.45, 7) is 0. The zero-order chi connectivity index (χ0) is 12.1. The first-order valence-electron chi connectivity index (χ1n) is 4.98. The van der Waals surface area contributed by atoms with E-state index < -0.39 is 10.3 Å². The molecule has 0 heterocycles. The summed E-state index contributed by atoms with van der Waals surface area (Å²) in [5.74, 6) is 0.274. The molecule has 0 amide bonds. The van der Waals surface area contributed by atoms with E-state index in [1.807, 2.05) is 0 Å². The number of nitrogens with one attached hydrogen (secondary N) is 1. The number of anilines is 1. The van der Waals surface area contributed by atoms with Crippen LogP contribution in [0.4, 0.5) is 5.69 Å². The molecule has 2 aromatic rings. The van der Waals surface area contributed by atoms with Crippen LogP contribution >= 0.6 is 0 Å². The summed E-state index contributed by atoms with van der Waals surface area (Å²) in [6, 6.07) is 16.9. The van der Waals surface area contributed by atoms with Gasteiger partial charge in [0.2, 0.25) is 0 Å². The molecule has 1 N–H and O–H groups in total. The minimum absolute atomic E-state index is 0. The van der Waals surface area contributed by atoms with E-state index in [0.717, 1.165) is 0 Å². The Morgan fingerprint density at radius 1 is 0.833 bits per heavy atom. The van der Waals surface area contributed by atoms with Gasteiger partial charge in [0.25, 0.3) is 0 Å². The van der Waals surface area contributed by atoms with Crippen LogP contribution in [-0.4, -0.2) is 38.0 Å². The molecule has 0 aromatic heterocycles. The van der Waals surface area contributed by atoms with Crippen LogP contribution in [0.5, 0.6) is 5.75 Å². The average molecular weight is 273 g/mol. The molecule has 90 valence electrons. The van der Waals surface area contributed by atoms with E-state index in [1.165, 1.54) is 0 Å². The summed E-state index contributed by atoms with van der Waals surface area (Å²) in [4.78, 5) is 0. The van der Waals surface area contributed by atoms with Crippen molar-refractivity contribution in [3.05, 3.63) is 60.7 Å². The molecule has 0 atom stereocenters. The van der Waals surface area contributed by atoms with Crippen LogP contribution in [-0.2, 0) is 10.3 Å². The van der Waals surface area contributed by atoms with Gasteiger partial charge < -0.3 is 4.18 Å². The Kier molecular flexibility index (Phi) is 5.68. The van der Waals surface area contributed by atoms with Crippen molar-refractivity contribution in [2.75, 3.05) is 4.72 Å². The van der Waals surface area contributed by atoms with E-state index in [2.05, 4.69) is 4.72 Å². The van der Waals surface area contributed by atoms with Gasteiger partial charge in [-0.2, -0.15) is 8.42 Å². The number of rotatable bonds is 4. The van der Waals surface area contributed by atoms with Crippen LogP contribution in [0.2, 0.25) is 0 Å². The van der Waals surface area contributed by atoms with Crippen LogP contribution in [0, 0.1) is 0 Å². The van der Waals surface area contributed by atoms with E-state index >= 15 is 0 Å². The molecule has 0 aliphatic carbocycles. The van der Waals surface area contributed by atoms with Gasteiger partial charge in [0.15, 0.2) is 0 Å². The zero-order valence-electron chi connectivity index (χ0n) is 8.91. The Hall–Kier alpha value is -1.01. The van der Waals surface area contributed by atoms with E-state index in [9.17, 15) is 8.42 Å². The van der Waals surface area contributed by atoms with E-state index in [-0.39, 0.29) is 35.3 Å². The Bertz CT molecular complexity index is 525. The molecule has 0 fully saturated rings. The second-order valence-electron chi connectivity index (χ2n) is 3.32. The molecule has 2 aromatic carbocycles. The maximum atomic E-state index is 11.6. The SMILES string of the molecule is O=S(=O)(Nc1ccccc1)Oc1ccccc1.[NaH]. The van der Waals surface area contributed by atoms with Crippen molar-refractivity contribution in [1.82, 2.24) is 0 Å². The molecule has 0 aliphatic heterocycles. The van der Waals surface area contributed by atoms with Crippen LogP contribution in [0.3, 0.4) is 0 Å². The molecule has 0 unspecified atom stereocenters. The molecule has 6 heteroatoms. The van der Waals surface area contributed by atoms with Crippen LogP contribution in [0.15, 0.2) is 60.7 Å². The van der Waals surface area contributed by atoms with Crippen molar-refractivity contribution >= 4 is 45.5 Å². The molecule has 0 spiro atoms. The third kappa shape index (κ3) is 4.70. The summed E-state index contributed by atoms with van der Waals surface area (Å²) in [6.07, 6.45) is 0.